The summed E-state index contributed by atoms with van der Waals surface area (Å²) in [5, 5.41) is 27.2. The van der Waals surface area contributed by atoms with Gasteiger partial charge in [-0.05, 0) is 46.5 Å². The van der Waals surface area contributed by atoms with Crippen LogP contribution in [0.15, 0.2) is 82.0 Å². The molecule has 3 heterocycles. The largest absolute Gasteiger partial charge is 0.420 e. The van der Waals surface area contributed by atoms with Gasteiger partial charge in [-0.1, -0.05) is 54.6 Å². The molecule has 3 N–H and O–H groups in total. The van der Waals surface area contributed by atoms with Gasteiger partial charge in [0.15, 0.2) is 5.58 Å². The molecule has 6 rings (SSSR count). The van der Waals surface area contributed by atoms with E-state index < -0.39 is 5.76 Å². The number of hydrogen-bond donors (Lipinski definition) is 3. The number of aromatic nitrogens is 5. The number of H-pyrrole nitrogens is 1. The van der Waals surface area contributed by atoms with Gasteiger partial charge in [-0.25, -0.2) is 4.79 Å². The highest BCUT2D eigenvalue weighted by Gasteiger charge is 2.25. The zero-order chi connectivity index (χ0) is 27.5. The van der Waals surface area contributed by atoms with Gasteiger partial charge in [-0.15, -0.1) is 10.2 Å². The van der Waals surface area contributed by atoms with E-state index in [0.29, 0.717) is 30.0 Å². The first-order chi connectivity index (χ1) is 19.5. The normalized spacial score (nSPS) is 16.4. The van der Waals surface area contributed by atoms with Gasteiger partial charge in [0.1, 0.15) is 0 Å². The molecule has 1 amide bonds. The number of nitrogens with zero attached hydrogens (tertiary/aromatic N) is 5. The number of aromatic amines is 1. The van der Waals surface area contributed by atoms with Gasteiger partial charge in [-0.2, -0.15) is 5.21 Å². The highest BCUT2D eigenvalue weighted by Crippen LogP contribution is 2.21. The number of nitrogens with one attached hydrogen (secondary N) is 2. The van der Waals surface area contributed by atoms with E-state index in [1.54, 1.807) is 16.7 Å². The summed E-state index contributed by atoms with van der Waals surface area (Å²) >= 11 is 0. The predicted octanol–water partition coefficient (Wildman–Crippen LogP) is 2.29. The number of tetrazole rings is 1. The van der Waals surface area contributed by atoms with Crippen molar-refractivity contribution in [1.29, 1.82) is 0 Å². The molecular formula is C29H29N7O4. The molecule has 0 spiro atoms. The van der Waals surface area contributed by atoms with Gasteiger partial charge >= 0.3 is 5.76 Å². The molecule has 2 aromatic heterocycles. The summed E-state index contributed by atoms with van der Waals surface area (Å²) in [6.45, 7) is 2.31. The van der Waals surface area contributed by atoms with E-state index in [-0.39, 0.29) is 31.0 Å². The SMILES string of the molecule is O=C(Cc1ccc2oc(=O)n(Cc3cccc(-c4nn[nH]n4)c3)c2c1)NC(CN1CC[C@H](O)C1)c1ccccc1. The summed E-state index contributed by atoms with van der Waals surface area (Å²) in [7, 11) is 0. The third kappa shape index (κ3) is 5.70. The van der Waals surface area contributed by atoms with Crippen molar-refractivity contribution in [3.05, 3.63) is 100 Å². The Hall–Kier alpha value is -4.61. The van der Waals surface area contributed by atoms with Crippen molar-refractivity contribution < 1.29 is 14.3 Å². The molecule has 40 heavy (non-hydrogen) atoms. The zero-order valence-corrected chi connectivity index (χ0v) is 21.7. The van der Waals surface area contributed by atoms with E-state index >= 15 is 0 Å². The van der Waals surface area contributed by atoms with E-state index in [4.69, 9.17) is 4.42 Å². The second kappa shape index (κ2) is 11.2. The molecule has 3 aromatic carbocycles. The van der Waals surface area contributed by atoms with Crippen molar-refractivity contribution in [3.63, 3.8) is 0 Å². The van der Waals surface area contributed by atoms with Crippen molar-refractivity contribution >= 4 is 17.0 Å². The molecule has 1 aliphatic heterocycles. The molecule has 0 saturated carbocycles. The Morgan fingerprint density at radius 1 is 1.10 bits per heavy atom. The van der Waals surface area contributed by atoms with Gasteiger partial charge < -0.3 is 14.8 Å². The number of carbonyl (C=O) groups excluding carboxylic acids is 1. The summed E-state index contributed by atoms with van der Waals surface area (Å²) in [6.07, 6.45) is 0.561. The molecule has 1 fully saturated rings. The molecule has 0 bridgehead atoms. The number of aliphatic hydroxyl groups excluding tert-OH is 1. The summed E-state index contributed by atoms with van der Waals surface area (Å²) in [4.78, 5) is 28.1. The molecule has 11 heteroatoms. The van der Waals surface area contributed by atoms with Crippen molar-refractivity contribution in [3.8, 4) is 11.4 Å². The maximum absolute atomic E-state index is 13.2. The lowest BCUT2D eigenvalue weighted by Crippen LogP contribution is -2.38. The first-order valence-corrected chi connectivity index (χ1v) is 13.2. The second-order valence-electron chi connectivity index (χ2n) is 10.1. The number of aliphatic hydroxyl groups is 1. The van der Waals surface area contributed by atoms with Gasteiger partial charge in [0, 0.05) is 25.2 Å². The monoisotopic (exact) mass is 539 g/mol. The molecule has 1 saturated heterocycles. The Morgan fingerprint density at radius 3 is 2.75 bits per heavy atom. The standard InChI is InChI=1S/C29H29N7O4/c37-23-11-12-35(17-23)18-24(21-6-2-1-3-7-21)30-27(38)15-19-9-10-26-25(14-19)36(29(39)40-26)16-20-5-4-8-22(13-20)28-31-33-34-32-28/h1-10,13-14,23-24,37H,11-12,15-18H2,(H,30,38)(H,31,32,33,34)/t23-,24?/m0/s1. The number of fused-ring (bicyclic) bond motifs is 1. The van der Waals surface area contributed by atoms with Gasteiger partial charge in [0.2, 0.25) is 11.7 Å². The minimum atomic E-state index is -0.474. The topological polar surface area (TPSA) is 142 Å². The Balaban J connectivity index is 1.20. The Kier molecular flexibility index (Phi) is 7.21. The third-order valence-electron chi connectivity index (χ3n) is 7.19. The number of likely N-dealkylation sites (tertiary alicyclic amines) is 1. The van der Waals surface area contributed by atoms with E-state index in [1.165, 1.54) is 0 Å². The van der Waals surface area contributed by atoms with Crippen LogP contribution in [-0.2, 0) is 17.8 Å². The first kappa shape index (κ1) is 25.7. The number of carbonyl (C=O) groups is 1. The zero-order valence-electron chi connectivity index (χ0n) is 21.7. The Bertz CT molecular complexity index is 1660. The molecule has 0 radical (unpaired) electrons. The fraction of sp³-hybridized carbons (Fsp3) is 0.276. The quantitative estimate of drug-likeness (QED) is 0.259. The number of rotatable bonds is 9. The summed E-state index contributed by atoms with van der Waals surface area (Å²) < 4.78 is 7.03. The molecule has 1 unspecified atom stereocenters. The van der Waals surface area contributed by atoms with Crippen LogP contribution in [-0.4, -0.2) is 66.8 Å². The minimum absolute atomic E-state index is 0.127. The Morgan fingerprint density at radius 2 is 1.98 bits per heavy atom. The summed E-state index contributed by atoms with van der Waals surface area (Å²) in [6, 6.07) is 22.6. The summed E-state index contributed by atoms with van der Waals surface area (Å²) in [5.74, 6) is -0.133. The van der Waals surface area contributed by atoms with Crippen LogP contribution in [0.5, 0.6) is 0 Å². The number of β-amino-alcohol motifs (C(OH)–C–C–N with tert-alkyl or cyclic N) is 1. The fourth-order valence-electron chi connectivity index (χ4n) is 5.23. The molecule has 5 aromatic rings. The maximum atomic E-state index is 13.2. The van der Waals surface area contributed by atoms with E-state index in [0.717, 1.165) is 35.2 Å². The van der Waals surface area contributed by atoms with Crippen LogP contribution in [0.4, 0.5) is 0 Å². The van der Waals surface area contributed by atoms with Gasteiger partial charge in [0.25, 0.3) is 0 Å². The van der Waals surface area contributed by atoms with Crippen molar-refractivity contribution in [2.45, 2.75) is 31.5 Å². The molecular weight excluding hydrogens is 510 g/mol. The van der Waals surface area contributed by atoms with Gasteiger partial charge in [-0.3, -0.25) is 14.3 Å². The second-order valence-corrected chi connectivity index (χ2v) is 10.1. The lowest BCUT2D eigenvalue weighted by Gasteiger charge is -2.25. The highest BCUT2D eigenvalue weighted by molar-refractivity contribution is 5.81. The van der Waals surface area contributed by atoms with Crippen LogP contribution in [0.2, 0.25) is 0 Å². The summed E-state index contributed by atoms with van der Waals surface area (Å²) in [5.41, 5.74) is 4.50. The van der Waals surface area contributed by atoms with Crippen LogP contribution in [0, 0.1) is 0 Å². The number of benzene rings is 3. The highest BCUT2D eigenvalue weighted by atomic mass is 16.4. The predicted molar refractivity (Wildman–Crippen MR) is 147 cm³/mol. The molecule has 2 atom stereocenters. The lowest BCUT2D eigenvalue weighted by molar-refractivity contribution is -0.121. The molecule has 1 aliphatic rings. The van der Waals surface area contributed by atoms with E-state index in [1.807, 2.05) is 60.7 Å². The van der Waals surface area contributed by atoms with Crippen LogP contribution in [0.3, 0.4) is 0 Å². The van der Waals surface area contributed by atoms with Gasteiger partial charge in [0.05, 0.1) is 30.6 Å². The fourth-order valence-corrected chi connectivity index (χ4v) is 5.23. The van der Waals surface area contributed by atoms with Crippen molar-refractivity contribution in [2.24, 2.45) is 0 Å². The average molecular weight is 540 g/mol. The molecule has 11 nitrogen and oxygen atoms in total. The number of amides is 1. The average Bonchev–Trinajstić information content (AvgIpc) is 3.71. The van der Waals surface area contributed by atoms with Crippen LogP contribution in [0.25, 0.3) is 22.5 Å². The van der Waals surface area contributed by atoms with E-state index in [9.17, 15) is 14.7 Å². The van der Waals surface area contributed by atoms with Crippen molar-refractivity contribution in [2.75, 3.05) is 19.6 Å². The maximum Gasteiger partial charge on any atom is 0.420 e. The minimum Gasteiger partial charge on any atom is -0.408 e. The number of hydrogen-bond acceptors (Lipinski definition) is 8. The Labute approximate surface area is 229 Å². The molecule has 0 aliphatic carbocycles. The molecule has 204 valence electrons. The number of oxazole rings is 1. The van der Waals surface area contributed by atoms with Crippen LogP contribution < -0.4 is 11.1 Å². The van der Waals surface area contributed by atoms with Crippen LogP contribution >= 0.6 is 0 Å². The lowest BCUT2D eigenvalue weighted by atomic mass is 10.1. The third-order valence-corrected chi connectivity index (χ3v) is 7.19. The van der Waals surface area contributed by atoms with E-state index in [2.05, 4.69) is 30.8 Å². The van der Waals surface area contributed by atoms with Crippen LogP contribution in [0.1, 0.15) is 29.2 Å². The van der Waals surface area contributed by atoms with Crippen molar-refractivity contribution in [1.82, 2.24) is 35.4 Å². The smallest absolute Gasteiger partial charge is 0.408 e. The first-order valence-electron chi connectivity index (χ1n) is 13.2.